The molecule has 160 valence electrons. The van der Waals surface area contributed by atoms with E-state index in [0.717, 1.165) is 12.0 Å². The van der Waals surface area contributed by atoms with Crippen molar-refractivity contribution in [2.24, 2.45) is 0 Å². The maximum absolute atomic E-state index is 13.2. The highest BCUT2D eigenvalue weighted by molar-refractivity contribution is 5.96. The lowest BCUT2D eigenvalue weighted by atomic mass is 10.1. The van der Waals surface area contributed by atoms with Crippen molar-refractivity contribution in [2.45, 2.75) is 13.0 Å². The average molecular weight is 415 g/mol. The summed E-state index contributed by atoms with van der Waals surface area (Å²) in [6.45, 7) is 1.03. The molecule has 0 aromatic heterocycles. The number of hydrogen-bond donors (Lipinski definition) is 0. The molecule has 0 N–H and O–H groups in total. The Kier molecular flexibility index (Phi) is 7.00. The summed E-state index contributed by atoms with van der Waals surface area (Å²) in [5.41, 5.74) is 1.14. The fourth-order valence-corrected chi connectivity index (χ4v) is 3.08. The van der Waals surface area contributed by atoms with E-state index in [1.165, 1.54) is 12.0 Å². The molecule has 2 aromatic rings. The highest BCUT2D eigenvalue weighted by Gasteiger charge is 2.22. The predicted octanol–water partition coefficient (Wildman–Crippen LogP) is 2.68. The van der Waals surface area contributed by atoms with E-state index in [2.05, 4.69) is 0 Å². The molecule has 8 nitrogen and oxygen atoms in total. The number of carbonyl (C=O) groups excluding carboxylic acids is 2. The standard InChI is InChI=1S/C22H25NO7/c1-26-17-9-15(10-18(12-17)27-2)13-23(14-21(24)28-3)22(25)16-5-6-19-20(11-16)30-8-4-7-29-19/h5-6,9-12H,4,7-8,13-14H2,1-3H3. The zero-order valence-electron chi connectivity index (χ0n) is 17.3. The number of ether oxygens (including phenoxy) is 5. The van der Waals surface area contributed by atoms with Gasteiger partial charge in [-0.3, -0.25) is 9.59 Å². The van der Waals surface area contributed by atoms with Crippen molar-refractivity contribution < 1.29 is 33.3 Å². The number of nitrogens with zero attached hydrogens (tertiary/aromatic N) is 1. The summed E-state index contributed by atoms with van der Waals surface area (Å²) in [4.78, 5) is 26.6. The van der Waals surface area contributed by atoms with Gasteiger partial charge in [0.25, 0.3) is 5.91 Å². The van der Waals surface area contributed by atoms with E-state index in [0.29, 0.717) is 41.8 Å². The van der Waals surface area contributed by atoms with Crippen LogP contribution in [0.4, 0.5) is 0 Å². The number of fused-ring (bicyclic) bond motifs is 1. The van der Waals surface area contributed by atoms with Crippen LogP contribution >= 0.6 is 0 Å². The average Bonchev–Trinajstić information content (AvgIpc) is 3.02. The molecular weight excluding hydrogens is 390 g/mol. The van der Waals surface area contributed by atoms with Crippen LogP contribution in [0.15, 0.2) is 36.4 Å². The summed E-state index contributed by atoms with van der Waals surface area (Å²) in [6, 6.07) is 10.3. The zero-order chi connectivity index (χ0) is 21.5. The number of benzene rings is 2. The molecule has 0 bridgehead atoms. The first kappa shape index (κ1) is 21.3. The Morgan fingerprint density at radius 3 is 2.23 bits per heavy atom. The molecule has 1 amide bonds. The quantitative estimate of drug-likeness (QED) is 0.643. The monoisotopic (exact) mass is 415 g/mol. The second kappa shape index (κ2) is 9.87. The highest BCUT2D eigenvalue weighted by atomic mass is 16.5. The Morgan fingerprint density at radius 1 is 0.933 bits per heavy atom. The molecule has 0 unspecified atom stereocenters. The molecule has 0 spiro atoms. The van der Waals surface area contributed by atoms with E-state index in [-0.39, 0.29) is 19.0 Å². The molecule has 0 atom stereocenters. The van der Waals surface area contributed by atoms with E-state index in [1.807, 2.05) is 0 Å². The van der Waals surface area contributed by atoms with Gasteiger partial charge in [0.2, 0.25) is 0 Å². The summed E-state index contributed by atoms with van der Waals surface area (Å²) < 4.78 is 26.7. The first-order valence-corrected chi connectivity index (χ1v) is 9.51. The number of carbonyl (C=O) groups is 2. The summed E-state index contributed by atoms with van der Waals surface area (Å²) in [7, 11) is 4.38. The molecular formula is C22H25NO7. The minimum absolute atomic E-state index is 0.163. The van der Waals surface area contributed by atoms with Crippen LogP contribution in [0.25, 0.3) is 0 Å². The largest absolute Gasteiger partial charge is 0.497 e. The van der Waals surface area contributed by atoms with Crippen LogP contribution < -0.4 is 18.9 Å². The summed E-state index contributed by atoms with van der Waals surface area (Å²) in [5.74, 6) is 1.43. The SMILES string of the molecule is COC(=O)CN(Cc1cc(OC)cc(OC)c1)C(=O)c1ccc2c(c1)OCCCO2. The van der Waals surface area contributed by atoms with Crippen LogP contribution in [-0.2, 0) is 16.1 Å². The molecule has 30 heavy (non-hydrogen) atoms. The Balaban J connectivity index is 1.89. The topological polar surface area (TPSA) is 83.5 Å². The van der Waals surface area contributed by atoms with Gasteiger partial charge in [0.05, 0.1) is 34.5 Å². The van der Waals surface area contributed by atoms with Gasteiger partial charge in [-0.15, -0.1) is 0 Å². The second-order valence-corrected chi connectivity index (χ2v) is 6.67. The fraction of sp³-hybridized carbons (Fsp3) is 0.364. The van der Waals surface area contributed by atoms with Gasteiger partial charge >= 0.3 is 5.97 Å². The van der Waals surface area contributed by atoms with Gasteiger partial charge < -0.3 is 28.6 Å². The molecule has 1 heterocycles. The summed E-state index contributed by atoms with van der Waals surface area (Å²) in [6.07, 6.45) is 0.768. The van der Waals surface area contributed by atoms with E-state index in [1.54, 1.807) is 50.6 Å². The zero-order valence-corrected chi connectivity index (χ0v) is 17.3. The molecule has 0 saturated heterocycles. The Bertz CT molecular complexity index is 890. The maximum atomic E-state index is 13.2. The number of rotatable bonds is 7. The number of amides is 1. The van der Waals surface area contributed by atoms with Crippen molar-refractivity contribution in [1.82, 2.24) is 4.90 Å². The van der Waals surface area contributed by atoms with Crippen LogP contribution in [0.1, 0.15) is 22.3 Å². The Hall–Kier alpha value is -3.42. The smallest absolute Gasteiger partial charge is 0.325 e. The van der Waals surface area contributed by atoms with Gasteiger partial charge in [-0.25, -0.2) is 0 Å². The first-order valence-electron chi connectivity index (χ1n) is 9.51. The van der Waals surface area contributed by atoms with Crippen LogP contribution in [0.3, 0.4) is 0 Å². The van der Waals surface area contributed by atoms with Gasteiger partial charge in [-0.1, -0.05) is 0 Å². The molecule has 0 saturated carbocycles. The van der Waals surface area contributed by atoms with Crippen molar-refractivity contribution in [3.63, 3.8) is 0 Å². The molecule has 0 radical (unpaired) electrons. The van der Waals surface area contributed by atoms with Crippen LogP contribution in [0.5, 0.6) is 23.0 Å². The van der Waals surface area contributed by atoms with Crippen LogP contribution in [0.2, 0.25) is 0 Å². The minimum atomic E-state index is -0.521. The van der Waals surface area contributed by atoms with Gasteiger partial charge in [0, 0.05) is 24.6 Å². The number of esters is 1. The van der Waals surface area contributed by atoms with Crippen molar-refractivity contribution in [3.05, 3.63) is 47.5 Å². The van der Waals surface area contributed by atoms with Gasteiger partial charge in [-0.05, 0) is 35.9 Å². The maximum Gasteiger partial charge on any atom is 0.325 e. The summed E-state index contributed by atoms with van der Waals surface area (Å²) >= 11 is 0. The third kappa shape index (κ3) is 5.14. The molecule has 2 aromatic carbocycles. The fourth-order valence-electron chi connectivity index (χ4n) is 3.08. The Morgan fingerprint density at radius 2 is 1.60 bits per heavy atom. The lowest BCUT2D eigenvalue weighted by molar-refractivity contribution is -0.141. The molecule has 0 fully saturated rings. The van der Waals surface area contributed by atoms with Crippen LogP contribution in [0, 0.1) is 0 Å². The number of hydrogen-bond acceptors (Lipinski definition) is 7. The van der Waals surface area contributed by atoms with E-state index >= 15 is 0 Å². The third-order valence-electron chi connectivity index (χ3n) is 4.61. The lowest BCUT2D eigenvalue weighted by Crippen LogP contribution is -2.35. The lowest BCUT2D eigenvalue weighted by Gasteiger charge is -2.23. The molecule has 3 rings (SSSR count). The second-order valence-electron chi connectivity index (χ2n) is 6.67. The van der Waals surface area contributed by atoms with Gasteiger partial charge in [0.15, 0.2) is 11.5 Å². The normalized spacial score (nSPS) is 12.5. The van der Waals surface area contributed by atoms with Crippen molar-refractivity contribution in [2.75, 3.05) is 41.1 Å². The van der Waals surface area contributed by atoms with Crippen molar-refractivity contribution in [3.8, 4) is 23.0 Å². The Labute approximate surface area is 175 Å². The molecule has 0 aliphatic carbocycles. The third-order valence-corrected chi connectivity index (χ3v) is 4.61. The van der Waals surface area contributed by atoms with Crippen LogP contribution in [-0.4, -0.2) is 57.9 Å². The molecule has 1 aliphatic rings. The highest BCUT2D eigenvalue weighted by Crippen LogP contribution is 2.31. The molecule has 1 aliphatic heterocycles. The van der Waals surface area contributed by atoms with Crippen molar-refractivity contribution in [1.29, 1.82) is 0 Å². The molecule has 8 heteroatoms. The number of methoxy groups -OCH3 is 3. The predicted molar refractivity (Wildman–Crippen MR) is 108 cm³/mol. The first-order chi connectivity index (χ1) is 14.5. The van der Waals surface area contributed by atoms with E-state index in [9.17, 15) is 9.59 Å². The minimum Gasteiger partial charge on any atom is -0.497 e. The summed E-state index contributed by atoms with van der Waals surface area (Å²) in [5, 5.41) is 0. The van der Waals surface area contributed by atoms with E-state index < -0.39 is 5.97 Å². The van der Waals surface area contributed by atoms with Crippen molar-refractivity contribution >= 4 is 11.9 Å². The van der Waals surface area contributed by atoms with Gasteiger partial charge in [0.1, 0.15) is 18.0 Å². The van der Waals surface area contributed by atoms with Gasteiger partial charge in [-0.2, -0.15) is 0 Å². The van der Waals surface area contributed by atoms with E-state index in [4.69, 9.17) is 23.7 Å².